The van der Waals surface area contributed by atoms with E-state index >= 15 is 0 Å². The molecule has 1 aromatic rings. The molecule has 0 N–H and O–H groups in total. The summed E-state index contributed by atoms with van der Waals surface area (Å²) in [5, 5.41) is 0. The van der Waals surface area contributed by atoms with E-state index in [4.69, 9.17) is 0 Å². The second-order valence-electron chi connectivity index (χ2n) is 4.35. The second-order valence-corrected chi connectivity index (χ2v) is 9.15. The van der Waals surface area contributed by atoms with Gasteiger partial charge in [0, 0.05) is 6.07 Å². The Morgan fingerprint density at radius 3 is 1.45 bits per heavy atom. The maximum Gasteiger partial charge on any atom is 0.306 e. The van der Waals surface area contributed by atoms with Gasteiger partial charge in [-0.15, -0.1) is 0 Å². The predicted molar refractivity (Wildman–Crippen MR) is 77.0 cm³/mol. The number of rotatable bonds is 7. The fourth-order valence-electron chi connectivity index (χ4n) is 1.33. The van der Waals surface area contributed by atoms with Gasteiger partial charge in [-0.25, -0.2) is 0 Å². The van der Waals surface area contributed by atoms with Gasteiger partial charge >= 0.3 is 20.2 Å². The largest absolute Gasteiger partial charge is 0.382 e. The number of hydrogen-bond acceptors (Lipinski definition) is 9. The van der Waals surface area contributed by atoms with E-state index in [2.05, 4.69) is 12.5 Å². The topological polar surface area (TPSA) is 130 Å². The Morgan fingerprint density at radius 2 is 1.14 bits per heavy atom. The Morgan fingerprint density at radius 1 is 0.727 bits per heavy atom. The van der Waals surface area contributed by atoms with Crippen LogP contribution in [0.4, 0.5) is 0 Å². The molecule has 0 heterocycles. The molecule has 12 heteroatoms. The van der Waals surface area contributed by atoms with E-state index in [-0.39, 0.29) is 17.1 Å². The highest BCUT2D eigenvalue weighted by atomic mass is 32.2. The fraction of sp³-hybridized carbons (Fsp3) is 0.400. The Bertz CT molecular complexity index is 799. The van der Waals surface area contributed by atoms with Gasteiger partial charge in [0.25, 0.3) is 10.1 Å². The summed E-state index contributed by atoms with van der Waals surface area (Å²) in [6.45, 7) is -0.445. The van der Waals surface area contributed by atoms with Gasteiger partial charge in [-0.2, -0.15) is 25.3 Å². The van der Waals surface area contributed by atoms with Crippen LogP contribution in [0, 0.1) is 0 Å². The van der Waals surface area contributed by atoms with Gasteiger partial charge in [-0.3, -0.25) is 4.18 Å². The lowest BCUT2D eigenvalue weighted by Gasteiger charge is -2.10. The van der Waals surface area contributed by atoms with Gasteiger partial charge in [-0.1, -0.05) is 0 Å². The summed E-state index contributed by atoms with van der Waals surface area (Å²) in [7, 11) is -11.5. The van der Waals surface area contributed by atoms with E-state index in [0.29, 0.717) is 0 Å². The highest BCUT2D eigenvalue weighted by molar-refractivity contribution is 7.86. The predicted octanol–water partition coefficient (Wildman–Crippen LogP) is -0.160. The Kier molecular flexibility index (Phi) is 5.43. The summed E-state index contributed by atoms with van der Waals surface area (Å²) in [5.74, 6) is -0.480. The molecule has 0 aliphatic carbocycles. The van der Waals surface area contributed by atoms with E-state index in [0.717, 1.165) is 24.8 Å². The van der Waals surface area contributed by atoms with E-state index < -0.39 is 37.0 Å². The van der Waals surface area contributed by atoms with Crippen LogP contribution in [0.3, 0.4) is 0 Å². The number of benzene rings is 1. The Hall–Kier alpha value is -1.37. The Labute approximate surface area is 129 Å². The van der Waals surface area contributed by atoms with Gasteiger partial charge < -0.3 is 8.37 Å². The van der Waals surface area contributed by atoms with Crippen LogP contribution < -0.4 is 8.37 Å². The van der Waals surface area contributed by atoms with Crippen molar-refractivity contribution in [2.75, 3.05) is 18.8 Å². The van der Waals surface area contributed by atoms with Gasteiger partial charge in [0.05, 0.1) is 25.4 Å². The highest BCUT2D eigenvalue weighted by Gasteiger charge is 2.13. The van der Waals surface area contributed by atoms with Crippen LogP contribution in [0.1, 0.15) is 5.56 Å². The molecule has 0 unspecified atom stereocenters. The van der Waals surface area contributed by atoms with Crippen LogP contribution >= 0.6 is 0 Å². The van der Waals surface area contributed by atoms with Crippen LogP contribution in [0.15, 0.2) is 18.2 Å². The molecule has 0 aromatic heterocycles. The summed E-state index contributed by atoms with van der Waals surface area (Å²) in [5.41, 5.74) is 0.144. The lowest BCUT2D eigenvalue weighted by molar-refractivity contribution is 0.311. The molecule has 1 rings (SSSR count). The molecular formula is C10H14O9S3. The van der Waals surface area contributed by atoms with Crippen molar-refractivity contribution >= 4 is 30.4 Å². The summed E-state index contributed by atoms with van der Waals surface area (Å²) in [6, 6.07) is 3.40. The minimum absolute atomic E-state index is 0.144. The molecule has 0 bridgehead atoms. The van der Waals surface area contributed by atoms with Crippen molar-refractivity contribution in [3.05, 3.63) is 23.8 Å². The molecule has 0 saturated heterocycles. The van der Waals surface area contributed by atoms with Crippen molar-refractivity contribution in [3.8, 4) is 11.5 Å². The standard InChI is InChI=1S/C10H14O9S3/c1-20(11,12)17-7-8-4-9(18-21(2,13)14)6-10(5-8)19-22(3,15)16/h4-6H,7H2,1-3H3. The molecule has 0 aliphatic heterocycles. The van der Waals surface area contributed by atoms with Crippen LogP contribution in [0.2, 0.25) is 0 Å². The first-order valence-corrected chi connectivity index (χ1v) is 11.0. The van der Waals surface area contributed by atoms with Crippen LogP contribution in [-0.4, -0.2) is 44.0 Å². The maximum atomic E-state index is 11.1. The van der Waals surface area contributed by atoms with Crippen molar-refractivity contribution < 1.29 is 37.8 Å². The monoisotopic (exact) mass is 374 g/mol. The van der Waals surface area contributed by atoms with E-state index in [9.17, 15) is 25.3 Å². The molecule has 0 radical (unpaired) electrons. The third-order valence-electron chi connectivity index (χ3n) is 1.87. The van der Waals surface area contributed by atoms with Gasteiger partial charge in [0.15, 0.2) is 0 Å². The molecule has 126 valence electrons. The fourth-order valence-corrected chi connectivity index (χ4v) is 2.58. The van der Waals surface area contributed by atoms with Crippen molar-refractivity contribution in [2.24, 2.45) is 0 Å². The molecule has 0 atom stereocenters. The molecule has 1 aromatic carbocycles. The van der Waals surface area contributed by atoms with Crippen molar-refractivity contribution in [1.82, 2.24) is 0 Å². The van der Waals surface area contributed by atoms with Crippen LogP contribution in [-0.2, 0) is 41.1 Å². The summed E-state index contributed by atoms with van der Waals surface area (Å²) < 4.78 is 80.2. The quantitative estimate of drug-likeness (QED) is 0.597. The van der Waals surface area contributed by atoms with Gasteiger partial charge in [0.1, 0.15) is 11.5 Å². The minimum atomic E-state index is -3.86. The zero-order valence-corrected chi connectivity index (χ0v) is 14.3. The summed E-state index contributed by atoms with van der Waals surface area (Å²) >= 11 is 0. The molecule has 9 nitrogen and oxygen atoms in total. The zero-order valence-electron chi connectivity index (χ0n) is 11.8. The van der Waals surface area contributed by atoms with Crippen molar-refractivity contribution in [2.45, 2.75) is 6.61 Å². The molecule has 0 aliphatic rings. The summed E-state index contributed by atoms with van der Waals surface area (Å²) in [4.78, 5) is 0. The van der Waals surface area contributed by atoms with Gasteiger partial charge in [-0.05, 0) is 17.7 Å². The second kappa shape index (κ2) is 6.40. The summed E-state index contributed by atoms with van der Waals surface area (Å²) in [6.07, 6.45) is 2.42. The highest BCUT2D eigenvalue weighted by Crippen LogP contribution is 2.25. The SMILES string of the molecule is CS(=O)(=O)OCc1cc(OS(C)(=O)=O)cc(OS(C)(=O)=O)c1. The van der Waals surface area contributed by atoms with Gasteiger partial charge in [0.2, 0.25) is 0 Å². The average molecular weight is 374 g/mol. The molecule has 22 heavy (non-hydrogen) atoms. The van der Waals surface area contributed by atoms with E-state index in [1.807, 2.05) is 0 Å². The molecule has 0 fully saturated rings. The third kappa shape index (κ3) is 8.17. The lowest BCUT2D eigenvalue weighted by atomic mass is 10.2. The molecular weight excluding hydrogens is 360 g/mol. The minimum Gasteiger partial charge on any atom is -0.382 e. The molecule has 0 saturated carbocycles. The Balaban J connectivity index is 3.19. The average Bonchev–Trinajstić information content (AvgIpc) is 2.20. The smallest absolute Gasteiger partial charge is 0.306 e. The first kappa shape index (κ1) is 18.7. The third-order valence-corrected chi connectivity index (χ3v) is 3.41. The molecule has 0 amide bonds. The van der Waals surface area contributed by atoms with Crippen LogP contribution in [0.25, 0.3) is 0 Å². The lowest BCUT2D eigenvalue weighted by Crippen LogP contribution is -2.09. The first-order valence-electron chi connectivity index (χ1n) is 5.51. The number of hydrogen-bond donors (Lipinski definition) is 0. The van der Waals surface area contributed by atoms with Crippen molar-refractivity contribution in [3.63, 3.8) is 0 Å². The van der Waals surface area contributed by atoms with Crippen LogP contribution in [0.5, 0.6) is 11.5 Å². The van der Waals surface area contributed by atoms with Crippen molar-refractivity contribution in [1.29, 1.82) is 0 Å². The zero-order chi connectivity index (χ0) is 17.2. The first-order chi connectivity index (χ1) is 9.73. The van der Waals surface area contributed by atoms with E-state index in [1.54, 1.807) is 0 Å². The maximum absolute atomic E-state index is 11.1. The molecule has 0 spiro atoms. The van der Waals surface area contributed by atoms with E-state index in [1.165, 1.54) is 12.1 Å². The normalized spacial score (nSPS) is 12.9.